The number of anilines is 1. The van der Waals surface area contributed by atoms with E-state index in [1.54, 1.807) is 0 Å². The van der Waals surface area contributed by atoms with E-state index in [0.29, 0.717) is 17.2 Å². The summed E-state index contributed by atoms with van der Waals surface area (Å²) in [6.07, 6.45) is 0. The number of amides is 1. The van der Waals surface area contributed by atoms with Gasteiger partial charge in [-0.3, -0.25) is 9.59 Å². The highest BCUT2D eigenvalue weighted by atomic mass is 16.7. The predicted octanol–water partition coefficient (Wildman–Crippen LogP) is 2.13. The number of aromatic hydroxyl groups is 1. The van der Waals surface area contributed by atoms with E-state index in [2.05, 4.69) is 5.32 Å². The number of nitrogens with one attached hydrogen (secondary N) is 1. The van der Waals surface area contributed by atoms with Crippen LogP contribution in [0.15, 0.2) is 30.3 Å². The van der Waals surface area contributed by atoms with Crippen molar-refractivity contribution in [1.82, 2.24) is 0 Å². The molecule has 146 valence electrons. The summed E-state index contributed by atoms with van der Waals surface area (Å²) in [6.45, 7) is 0.742. The molecular weight excluding hydrogens is 370 g/mol. The zero-order chi connectivity index (χ0) is 20.3. The number of Topliss-reactive ketones (excluding diaryl/α,β-unsaturated/α-hetero) is 1. The number of hydrogen-bond donors (Lipinski definition) is 2. The molecule has 1 aliphatic rings. The standard InChI is InChI=1S/C19H17NO8/c1-10(21)12-6-16-17(28-9-27-16)7-14(12)20-18(23)8-26-19(24)13-5-11(25-2)3-4-15(13)22/h3-7,22H,8-9H2,1-2H3,(H,20,23). The Kier molecular flexibility index (Phi) is 5.35. The third kappa shape index (κ3) is 3.98. The summed E-state index contributed by atoms with van der Waals surface area (Å²) in [7, 11) is 1.41. The van der Waals surface area contributed by atoms with Gasteiger partial charge in [-0.1, -0.05) is 0 Å². The van der Waals surface area contributed by atoms with Crippen LogP contribution in [0.5, 0.6) is 23.0 Å². The van der Waals surface area contributed by atoms with Gasteiger partial charge >= 0.3 is 5.97 Å². The third-order valence-electron chi connectivity index (χ3n) is 3.92. The fraction of sp³-hybridized carbons (Fsp3) is 0.211. The highest BCUT2D eigenvalue weighted by Crippen LogP contribution is 2.37. The zero-order valence-electron chi connectivity index (χ0n) is 15.1. The summed E-state index contributed by atoms with van der Waals surface area (Å²) in [6, 6.07) is 6.98. The van der Waals surface area contributed by atoms with Crippen LogP contribution in [0.25, 0.3) is 0 Å². The molecule has 9 heteroatoms. The summed E-state index contributed by atoms with van der Waals surface area (Å²) < 4.78 is 20.4. The second-order valence-corrected chi connectivity index (χ2v) is 5.81. The van der Waals surface area contributed by atoms with E-state index < -0.39 is 18.5 Å². The van der Waals surface area contributed by atoms with Gasteiger partial charge < -0.3 is 29.4 Å². The molecule has 0 aliphatic carbocycles. The van der Waals surface area contributed by atoms with Gasteiger partial charge in [-0.2, -0.15) is 0 Å². The molecule has 0 unspecified atom stereocenters. The van der Waals surface area contributed by atoms with E-state index in [1.165, 1.54) is 44.4 Å². The molecule has 0 saturated carbocycles. The number of ether oxygens (including phenoxy) is 4. The molecule has 3 rings (SSSR count). The molecule has 1 heterocycles. The number of carbonyl (C=O) groups excluding carboxylic acids is 3. The van der Waals surface area contributed by atoms with E-state index in [1.807, 2.05) is 0 Å². The van der Waals surface area contributed by atoms with Gasteiger partial charge in [0.25, 0.3) is 5.91 Å². The van der Waals surface area contributed by atoms with Crippen LogP contribution in [0.1, 0.15) is 27.6 Å². The monoisotopic (exact) mass is 387 g/mol. The highest BCUT2D eigenvalue weighted by molar-refractivity contribution is 6.05. The van der Waals surface area contributed by atoms with Gasteiger partial charge in [0.2, 0.25) is 6.79 Å². The Balaban J connectivity index is 1.68. The Hall–Kier alpha value is -3.75. The van der Waals surface area contributed by atoms with Crippen molar-refractivity contribution in [3.8, 4) is 23.0 Å². The van der Waals surface area contributed by atoms with Crippen molar-refractivity contribution in [3.05, 3.63) is 41.5 Å². The number of hydrogen-bond acceptors (Lipinski definition) is 8. The average Bonchev–Trinajstić information content (AvgIpc) is 3.13. The van der Waals surface area contributed by atoms with Crippen LogP contribution >= 0.6 is 0 Å². The van der Waals surface area contributed by atoms with Crippen molar-refractivity contribution in [2.24, 2.45) is 0 Å². The molecular formula is C19H17NO8. The lowest BCUT2D eigenvalue weighted by molar-refractivity contribution is -0.119. The fourth-order valence-electron chi connectivity index (χ4n) is 2.54. The Morgan fingerprint density at radius 2 is 1.82 bits per heavy atom. The Morgan fingerprint density at radius 1 is 1.11 bits per heavy atom. The number of benzene rings is 2. The van der Waals surface area contributed by atoms with Crippen molar-refractivity contribution in [3.63, 3.8) is 0 Å². The molecule has 0 aromatic heterocycles. The number of ketones is 1. The summed E-state index contributed by atoms with van der Waals surface area (Å²) in [5, 5.41) is 12.3. The van der Waals surface area contributed by atoms with E-state index in [0.717, 1.165) is 0 Å². The second-order valence-electron chi connectivity index (χ2n) is 5.81. The lowest BCUT2D eigenvalue weighted by Crippen LogP contribution is -2.22. The number of phenols is 1. The summed E-state index contributed by atoms with van der Waals surface area (Å²) in [5.74, 6) is -1.02. The highest BCUT2D eigenvalue weighted by Gasteiger charge is 2.21. The molecule has 2 aromatic rings. The van der Waals surface area contributed by atoms with Gasteiger partial charge in [0, 0.05) is 11.6 Å². The summed E-state index contributed by atoms with van der Waals surface area (Å²) >= 11 is 0. The van der Waals surface area contributed by atoms with Crippen molar-refractivity contribution in [2.45, 2.75) is 6.92 Å². The number of esters is 1. The first kappa shape index (κ1) is 19.0. The number of rotatable bonds is 6. The number of fused-ring (bicyclic) bond motifs is 1. The van der Waals surface area contributed by atoms with Crippen molar-refractivity contribution < 1.29 is 38.4 Å². The van der Waals surface area contributed by atoms with Gasteiger partial charge in [-0.05, 0) is 31.2 Å². The number of methoxy groups -OCH3 is 1. The van der Waals surface area contributed by atoms with Gasteiger partial charge in [0.05, 0.1) is 12.8 Å². The minimum Gasteiger partial charge on any atom is -0.507 e. The van der Waals surface area contributed by atoms with Crippen molar-refractivity contribution in [2.75, 3.05) is 25.8 Å². The minimum atomic E-state index is -0.899. The van der Waals surface area contributed by atoms with E-state index in [9.17, 15) is 19.5 Å². The van der Waals surface area contributed by atoms with Gasteiger partial charge in [-0.15, -0.1) is 0 Å². The topological polar surface area (TPSA) is 120 Å². The molecule has 0 saturated heterocycles. The van der Waals surface area contributed by atoms with Crippen LogP contribution in [0, 0.1) is 0 Å². The predicted molar refractivity (Wildman–Crippen MR) is 96.1 cm³/mol. The van der Waals surface area contributed by atoms with Crippen molar-refractivity contribution >= 4 is 23.3 Å². The van der Waals surface area contributed by atoms with E-state index >= 15 is 0 Å². The number of phenolic OH excluding ortho intramolecular Hbond substituents is 1. The molecule has 0 spiro atoms. The van der Waals surface area contributed by atoms with E-state index in [-0.39, 0.29) is 35.1 Å². The largest absolute Gasteiger partial charge is 0.507 e. The first-order chi connectivity index (χ1) is 13.4. The van der Waals surface area contributed by atoms with Crippen LogP contribution in [0.4, 0.5) is 5.69 Å². The molecule has 1 aliphatic heterocycles. The van der Waals surface area contributed by atoms with Crippen LogP contribution in [0.3, 0.4) is 0 Å². The maximum atomic E-state index is 12.2. The van der Waals surface area contributed by atoms with Crippen LogP contribution in [0.2, 0.25) is 0 Å². The summed E-state index contributed by atoms with van der Waals surface area (Å²) in [5.41, 5.74) is 0.302. The van der Waals surface area contributed by atoms with Gasteiger partial charge in [0.1, 0.15) is 17.1 Å². The average molecular weight is 387 g/mol. The molecule has 28 heavy (non-hydrogen) atoms. The summed E-state index contributed by atoms with van der Waals surface area (Å²) in [4.78, 5) is 36.1. The van der Waals surface area contributed by atoms with Crippen LogP contribution in [-0.2, 0) is 9.53 Å². The van der Waals surface area contributed by atoms with E-state index in [4.69, 9.17) is 18.9 Å². The first-order valence-corrected chi connectivity index (χ1v) is 8.17. The quantitative estimate of drug-likeness (QED) is 0.571. The molecule has 2 aromatic carbocycles. The smallest absolute Gasteiger partial charge is 0.342 e. The molecule has 0 fully saturated rings. The molecule has 1 amide bonds. The van der Waals surface area contributed by atoms with Crippen LogP contribution in [-0.4, -0.2) is 43.3 Å². The SMILES string of the molecule is COc1ccc(O)c(C(=O)OCC(=O)Nc2cc3c(cc2C(C)=O)OCO3)c1. The molecule has 0 atom stereocenters. The maximum Gasteiger partial charge on any atom is 0.342 e. The first-order valence-electron chi connectivity index (χ1n) is 8.17. The Morgan fingerprint density at radius 3 is 2.50 bits per heavy atom. The van der Waals surface area contributed by atoms with Crippen LogP contribution < -0.4 is 19.5 Å². The minimum absolute atomic E-state index is 0.0196. The molecule has 9 nitrogen and oxygen atoms in total. The molecule has 2 N–H and O–H groups in total. The van der Waals surface area contributed by atoms with Gasteiger partial charge in [-0.25, -0.2) is 4.79 Å². The fourth-order valence-corrected chi connectivity index (χ4v) is 2.54. The zero-order valence-corrected chi connectivity index (χ0v) is 15.1. The normalized spacial score (nSPS) is 11.6. The Bertz CT molecular complexity index is 953. The molecule has 0 bridgehead atoms. The molecule has 0 radical (unpaired) electrons. The lowest BCUT2D eigenvalue weighted by Gasteiger charge is -2.11. The van der Waals surface area contributed by atoms with Gasteiger partial charge in [0.15, 0.2) is 23.9 Å². The number of carbonyl (C=O) groups is 3. The van der Waals surface area contributed by atoms with Crippen molar-refractivity contribution in [1.29, 1.82) is 0 Å². The Labute approximate surface area is 159 Å². The third-order valence-corrected chi connectivity index (χ3v) is 3.92. The second kappa shape index (κ2) is 7.87. The lowest BCUT2D eigenvalue weighted by atomic mass is 10.1. The maximum absolute atomic E-state index is 12.2.